The standard InChI is InChI=1S/C21H19N3O2/c1-13-8-14(2)10-17(9-13)26-21-18-11-19(24-20(18)22-12-23-21)15-4-6-16(25-3)7-5-15/h4-12H,1-3H3,(H,22,23,24). The van der Waals surface area contributed by atoms with Gasteiger partial charge in [-0.15, -0.1) is 0 Å². The number of methoxy groups -OCH3 is 1. The van der Waals surface area contributed by atoms with Crippen LogP contribution in [0.1, 0.15) is 11.1 Å². The fourth-order valence-corrected chi connectivity index (χ4v) is 3.03. The van der Waals surface area contributed by atoms with E-state index < -0.39 is 0 Å². The molecule has 0 unspecified atom stereocenters. The number of aryl methyl sites for hydroxylation is 2. The predicted molar refractivity (Wildman–Crippen MR) is 102 cm³/mol. The van der Waals surface area contributed by atoms with E-state index in [1.165, 1.54) is 6.33 Å². The van der Waals surface area contributed by atoms with Crippen molar-refractivity contribution in [1.29, 1.82) is 0 Å². The van der Waals surface area contributed by atoms with E-state index in [4.69, 9.17) is 9.47 Å². The molecule has 4 rings (SSSR count). The summed E-state index contributed by atoms with van der Waals surface area (Å²) in [5, 5.41) is 0.845. The van der Waals surface area contributed by atoms with Crippen LogP contribution in [0.3, 0.4) is 0 Å². The number of hydrogen-bond acceptors (Lipinski definition) is 4. The van der Waals surface area contributed by atoms with Gasteiger partial charge in [-0.1, -0.05) is 6.07 Å². The van der Waals surface area contributed by atoms with E-state index in [-0.39, 0.29) is 0 Å². The van der Waals surface area contributed by atoms with E-state index in [9.17, 15) is 0 Å². The monoisotopic (exact) mass is 345 g/mol. The van der Waals surface area contributed by atoms with E-state index in [2.05, 4.69) is 21.0 Å². The smallest absolute Gasteiger partial charge is 0.231 e. The summed E-state index contributed by atoms with van der Waals surface area (Å²) in [5.74, 6) is 2.13. The molecule has 130 valence electrons. The summed E-state index contributed by atoms with van der Waals surface area (Å²) in [6.45, 7) is 4.10. The highest BCUT2D eigenvalue weighted by atomic mass is 16.5. The zero-order valence-corrected chi connectivity index (χ0v) is 14.9. The average molecular weight is 345 g/mol. The quantitative estimate of drug-likeness (QED) is 0.563. The van der Waals surface area contributed by atoms with Crippen LogP contribution in [0.15, 0.2) is 54.9 Å². The number of ether oxygens (including phenoxy) is 2. The first-order valence-corrected chi connectivity index (χ1v) is 8.37. The van der Waals surface area contributed by atoms with Gasteiger partial charge >= 0.3 is 0 Å². The highest BCUT2D eigenvalue weighted by molar-refractivity contribution is 5.87. The van der Waals surface area contributed by atoms with E-state index in [0.717, 1.165) is 44.9 Å². The molecule has 0 fully saturated rings. The Labute approximate surface area is 151 Å². The molecule has 0 bridgehead atoms. The van der Waals surface area contributed by atoms with Crippen molar-refractivity contribution in [3.05, 3.63) is 66.0 Å². The molecule has 2 heterocycles. The molecule has 0 aliphatic carbocycles. The van der Waals surface area contributed by atoms with Crippen molar-refractivity contribution in [1.82, 2.24) is 15.0 Å². The van der Waals surface area contributed by atoms with Crippen molar-refractivity contribution in [3.63, 3.8) is 0 Å². The molecule has 5 heteroatoms. The molecule has 1 N–H and O–H groups in total. The largest absolute Gasteiger partial charge is 0.497 e. The maximum Gasteiger partial charge on any atom is 0.231 e. The van der Waals surface area contributed by atoms with Crippen LogP contribution in [0.4, 0.5) is 0 Å². The summed E-state index contributed by atoms with van der Waals surface area (Å²) in [6.07, 6.45) is 1.51. The third-order valence-electron chi connectivity index (χ3n) is 4.20. The van der Waals surface area contributed by atoms with Gasteiger partial charge in [-0.25, -0.2) is 9.97 Å². The molecule has 0 saturated heterocycles. The third-order valence-corrected chi connectivity index (χ3v) is 4.20. The number of fused-ring (bicyclic) bond motifs is 1. The van der Waals surface area contributed by atoms with Crippen molar-refractivity contribution < 1.29 is 9.47 Å². The third kappa shape index (κ3) is 3.11. The Kier molecular flexibility index (Phi) is 4.05. The second kappa shape index (κ2) is 6.52. The molecule has 4 aromatic rings. The molecule has 0 aliphatic rings. The van der Waals surface area contributed by atoms with Crippen molar-refractivity contribution in [2.75, 3.05) is 7.11 Å². The highest BCUT2D eigenvalue weighted by Crippen LogP contribution is 2.31. The first-order chi connectivity index (χ1) is 12.6. The first-order valence-electron chi connectivity index (χ1n) is 8.37. The number of hydrogen-bond donors (Lipinski definition) is 1. The number of aromatic nitrogens is 3. The van der Waals surface area contributed by atoms with E-state index in [1.807, 2.05) is 56.3 Å². The van der Waals surface area contributed by atoms with Gasteiger partial charge in [0.05, 0.1) is 12.5 Å². The Balaban J connectivity index is 1.73. The van der Waals surface area contributed by atoms with Crippen LogP contribution >= 0.6 is 0 Å². The average Bonchev–Trinajstić information content (AvgIpc) is 3.06. The van der Waals surface area contributed by atoms with Crippen LogP contribution < -0.4 is 9.47 Å². The van der Waals surface area contributed by atoms with Crippen LogP contribution in [0.2, 0.25) is 0 Å². The number of H-pyrrole nitrogens is 1. The topological polar surface area (TPSA) is 60.0 Å². The van der Waals surface area contributed by atoms with Crippen LogP contribution in [0, 0.1) is 13.8 Å². The molecule has 0 atom stereocenters. The summed E-state index contributed by atoms with van der Waals surface area (Å²) in [5.41, 5.74) is 5.04. The Morgan fingerprint density at radius 1 is 0.846 bits per heavy atom. The molecular formula is C21H19N3O2. The lowest BCUT2D eigenvalue weighted by atomic mass is 10.1. The lowest BCUT2D eigenvalue weighted by Gasteiger charge is -2.07. The molecule has 0 amide bonds. The van der Waals surface area contributed by atoms with Gasteiger partial charge in [0.1, 0.15) is 23.5 Å². The fourth-order valence-electron chi connectivity index (χ4n) is 3.03. The second-order valence-electron chi connectivity index (χ2n) is 6.28. The van der Waals surface area contributed by atoms with Crippen LogP contribution in [0.5, 0.6) is 17.4 Å². The van der Waals surface area contributed by atoms with Gasteiger partial charge in [0.25, 0.3) is 0 Å². The maximum absolute atomic E-state index is 6.05. The Hall–Kier alpha value is -3.34. The normalized spacial score (nSPS) is 10.9. The Bertz CT molecular complexity index is 1050. The molecule has 0 saturated carbocycles. The van der Waals surface area contributed by atoms with Crippen molar-refractivity contribution in [2.45, 2.75) is 13.8 Å². The van der Waals surface area contributed by atoms with Crippen LogP contribution in [-0.4, -0.2) is 22.1 Å². The van der Waals surface area contributed by atoms with Gasteiger partial charge in [-0.2, -0.15) is 0 Å². The van der Waals surface area contributed by atoms with Crippen LogP contribution in [-0.2, 0) is 0 Å². The van der Waals surface area contributed by atoms with Gasteiger partial charge in [0.2, 0.25) is 5.88 Å². The number of nitrogens with one attached hydrogen (secondary N) is 1. The van der Waals surface area contributed by atoms with Gasteiger partial charge in [0.15, 0.2) is 0 Å². The predicted octanol–water partition coefficient (Wildman–Crippen LogP) is 5.04. The van der Waals surface area contributed by atoms with E-state index in [0.29, 0.717) is 5.88 Å². The molecule has 0 radical (unpaired) electrons. The molecule has 2 aromatic heterocycles. The van der Waals surface area contributed by atoms with Crippen molar-refractivity contribution in [3.8, 4) is 28.6 Å². The SMILES string of the molecule is COc1ccc(-c2cc3c(Oc4cc(C)cc(C)c4)ncnc3[nH]2)cc1. The van der Waals surface area contributed by atoms with Crippen molar-refractivity contribution in [2.24, 2.45) is 0 Å². The minimum atomic E-state index is 0.538. The molecule has 26 heavy (non-hydrogen) atoms. The summed E-state index contributed by atoms with van der Waals surface area (Å²) < 4.78 is 11.3. The lowest BCUT2D eigenvalue weighted by molar-refractivity contribution is 0.415. The van der Waals surface area contributed by atoms with Crippen molar-refractivity contribution >= 4 is 11.0 Å². The zero-order chi connectivity index (χ0) is 18.1. The second-order valence-corrected chi connectivity index (χ2v) is 6.28. The number of nitrogens with zero attached hydrogens (tertiary/aromatic N) is 2. The Morgan fingerprint density at radius 3 is 2.27 bits per heavy atom. The summed E-state index contributed by atoms with van der Waals surface area (Å²) in [4.78, 5) is 12.0. The lowest BCUT2D eigenvalue weighted by Crippen LogP contribution is -1.91. The van der Waals surface area contributed by atoms with E-state index >= 15 is 0 Å². The van der Waals surface area contributed by atoms with Crippen LogP contribution in [0.25, 0.3) is 22.3 Å². The number of aromatic amines is 1. The molecule has 0 spiro atoms. The van der Waals surface area contributed by atoms with E-state index in [1.54, 1.807) is 7.11 Å². The van der Waals surface area contributed by atoms with Gasteiger partial charge in [0, 0.05) is 5.69 Å². The number of benzene rings is 2. The first kappa shape index (κ1) is 16.1. The van der Waals surface area contributed by atoms with Gasteiger partial charge in [-0.3, -0.25) is 0 Å². The number of rotatable bonds is 4. The zero-order valence-electron chi connectivity index (χ0n) is 14.9. The summed E-state index contributed by atoms with van der Waals surface area (Å²) >= 11 is 0. The maximum atomic E-state index is 6.05. The minimum Gasteiger partial charge on any atom is -0.497 e. The summed E-state index contributed by atoms with van der Waals surface area (Å²) in [6, 6.07) is 16.0. The van der Waals surface area contributed by atoms with Gasteiger partial charge < -0.3 is 14.5 Å². The minimum absolute atomic E-state index is 0.538. The molecule has 0 aliphatic heterocycles. The fraction of sp³-hybridized carbons (Fsp3) is 0.143. The molecule has 5 nitrogen and oxygen atoms in total. The van der Waals surface area contributed by atoms with Gasteiger partial charge in [-0.05, 0) is 73.0 Å². The highest BCUT2D eigenvalue weighted by Gasteiger charge is 2.12. The molecular weight excluding hydrogens is 326 g/mol. The molecule has 2 aromatic carbocycles. The summed E-state index contributed by atoms with van der Waals surface area (Å²) in [7, 11) is 1.66. The Morgan fingerprint density at radius 2 is 1.58 bits per heavy atom.